The van der Waals surface area contributed by atoms with Gasteiger partial charge >= 0.3 is 0 Å². The second-order valence-corrected chi connectivity index (χ2v) is 6.59. The van der Waals surface area contributed by atoms with Crippen molar-refractivity contribution >= 4 is 23.2 Å². The van der Waals surface area contributed by atoms with Gasteiger partial charge in [-0.15, -0.1) is 0 Å². The highest BCUT2D eigenvalue weighted by Gasteiger charge is 2.10. The maximum absolute atomic E-state index is 12.0. The molecule has 132 valence electrons. The molecule has 0 fully saturated rings. The van der Waals surface area contributed by atoms with Gasteiger partial charge in [0, 0.05) is 5.02 Å². The Hall–Kier alpha value is -2.33. The van der Waals surface area contributed by atoms with Gasteiger partial charge in [0.15, 0.2) is 6.61 Å². The molecule has 0 spiro atoms. The van der Waals surface area contributed by atoms with Gasteiger partial charge in [-0.1, -0.05) is 55.8 Å². The van der Waals surface area contributed by atoms with E-state index in [4.69, 9.17) is 16.3 Å². The van der Waals surface area contributed by atoms with Gasteiger partial charge in [-0.25, -0.2) is 5.43 Å². The van der Waals surface area contributed by atoms with Crippen LogP contribution in [0.5, 0.6) is 5.75 Å². The van der Waals surface area contributed by atoms with Crippen LogP contribution in [-0.4, -0.2) is 18.2 Å². The fraction of sp³-hybridized carbons (Fsp3) is 0.300. The molecule has 25 heavy (non-hydrogen) atoms. The van der Waals surface area contributed by atoms with E-state index in [1.165, 1.54) is 0 Å². The minimum Gasteiger partial charge on any atom is -0.484 e. The molecule has 0 radical (unpaired) electrons. The van der Waals surface area contributed by atoms with Crippen molar-refractivity contribution in [3.8, 4) is 5.75 Å². The van der Waals surface area contributed by atoms with Crippen LogP contribution in [0.1, 0.15) is 30.5 Å². The second-order valence-electron chi connectivity index (χ2n) is 6.21. The molecule has 0 saturated carbocycles. The lowest BCUT2D eigenvalue weighted by Gasteiger charge is -2.12. The van der Waals surface area contributed by atoms with Crippen LogP contribution in [0.3, 0.4) is 0 Å². The zero-order valence-electron chi connectivity index (χ0n) is 15.0. The van der Waals surface area contributed by atoms with E-state index in [0.717, 1.165) is 22.4 Å². The SMILES string of the molecule is Cc1cc(OCC(=O)NN=C(c2ccccc2)C(C)C)cc(C)c1Cl. The molecule has 1 N–H and O–H groups in total. The van der Waals surface area contributed by atoms with Gasteiger partial charge in [-0.3, -0.25) is 4.79 Å². The fourth-order valence-electron chi connectivity index (χ4n) is 2.43. The van der Waals surface area contributed by atoms with Crippen molar-refractivity contribution in [1.82, 2.24) is 5.43 Å². The summed E-state index contributed by atoms with van der Waals surface area (Å²) in [5.41, 5.74) is 6.22. The normalized spacial score (nSPS) is 11.5. The Bertz CT molecular complexity index is 748. The molecule has 4 nitrogen and oxygen atoms in total. The van der Waals surface area contributed by atoms with Crippen LogP contribution in [-0.2, 0) is 4.79 Å². The molecule has 5 heteroatoms. The number of rotatable bonds is 6. The number of nitrogens with one attached hydrogen (secondary N) is 1. The van der Waals surface area contributed by atoms with Crippen molar-refractivity contribution in [3.63, 3.8) is 0 Å². The number of hydrogen-bond acceptors (Lipinski definition) is 3. The lowest BCUT2D eigenvalue weighted by Crippen LogP contribution is -2.27. The third kappa shape index (κ3) is 5.33. The van der Waals surface area contributed by atoms with E-state index in [1.54, 1.807) is 0 Å². The molecule has 2 aromatic carbocycles. The first-order valence-corrected chi connectivity index (χ1v) is 8.57. The molecular formula is C20H23ClN2O2. The summed E-state index contributed by atoms with van der Waals surface area (Å²) in [7, 11) is 0. The number of amides is 1. The largest absolute Gasteiger partial charge is 0.484 e. The highest BCUT2D eigenvalue weighted by molar-refractivity contribution is 6.32. The number of carbonyl (C=O) groups is 1. The minimum absolute atomic E-state index is 0.107. The third-order valence-corrected chi connectivity index (χ3v) is 4.29. The molecule has 0 aliphatic carbocycles. The predicted molar refractivity (Wildman–Crippen MR) is 102 cm³/mol. The Morgan fingerprint density at radius 1 is 1.16 bits per heavy atom. The molecule has 0 aliphatic rings. The standard InChI is InChI=1S/C20H23ClN2O2/c1-13(2)20(16-8-6-5-7-9-16)23-22-18(24)12-25-17-10-14(3)19(21)15(4)11-17/h5-11,13H,12H2,1-4H3,(H,22,24). The average molecular weight is 359 g/mol. The Kier molecular flexibility index (Phi) is 6.59. The number of nitrogens with zero attached hydrogens (tertiary/aromatic N) is 1. The van der Waals surface area contributed by atoms with Crippen LogP contribution in [0, 0.1) is 19.8 Å². The molecule has 0 heterocycles. The zero-order chi connectivity index (χ0) is 18.4. The average Bonchev–Trinajstić information content (AvgIpc) is 2.58. The Labute approximate surface area is 153 Å². The van der Waals surface area contributed by atoms with Crippen LogP contribution in [0.15, 0.2) is 47.6 Å². The van der Waals surface area contributed by atoms with Gasteiger partial charge in [0.05, 0.1) is 5.71 Å². The summed E-state index contributed by atoms with van der Waals surface area (Å²) in [5, 5.41) is 4.98. The molecule has 2 rings (SSSR count). The summed E-state index contributed by atoms with van der Waals surface area (Å²) in [6, 6.07) is 13.4. The lowest BCUT2D eigenvalue weighted by atomic mass is 10.0. The Morgan fingerprint density at radius 3 is 2.32 bits per heavy atom. The first-order chi connectivity index (χ1) is 11.9. The van der Waals surface area contributed by atoms with E-state index in [-0.39, 0.29) is 18.4 Å². The van der Waals surface area contributed by atoms with E-state index in [9.17, 15) is 4.79 Å². The maximum Gasteiger partial charge on any atom is 0.277 e. The van der Waals surface area contributed by atoms with Crippen LogP contribution >= 0.6 is 11.6 Å². The number of aryl methyl sites for hydroxylation is 2. The molecule has 0 aromatic heterocycles. The van der Waals surface area contributed by atoms with Crippen molar-refractivity contribution in [2.75, 3.05) is 6.61 Å². The summed E-state index contributed by atoms with van der Waals surface area (Å²) in [6.45, 7) is 7.77. The van der Waals surface area contributed by atoms with E-state index in [0.29, 0.717) is 10.8 Å². The third-order valence-electron chi connectivity index (χ3n) is 3.70. The van der Waals surface area contributed by atoms with Crippen molar-refractivity contribution in [2.45, 2.75) is 27.7 Å². The molecule has 1 amide bonds. The van der Waals surface area contributed by atoms with Crippen LogP contribution in [0.4, 0.5) is 0 Å². The maximum atomic E-state index is 12.0. The summed E-state index contributed by atoms with van der Waals surface area (Å²) in [5.74, 6) is 0.496. The first-order valence-electron chi connectivity index (χ1n) is 8.20. The summed E-state index contributed by atoms with van der Waals surface area (Å²) < 4.78 is 5.54. The molecular weight excluding hydrogens is 336 g/mol. The van der Waals surface area contributed by atoms with Gasteiger partial charge in [0.25, 0.3) is 5.91 Å². The van der Waals surface area contributed by atoms with Gasteiger partial charge in [-0.05, 0) is 48.6 Å². The number of hydrogen-bond donors (Lipinski definition) is 1. The molecule has 0 atom stereocenters. The number of ether oxygens (including phenoxy) is 1. The van der Waals surface area contributed by atoms with Gasteiger partial charge < -0.3 is 4.74 Å². The monoisotopic (exact) mass is 358 g/mol. The van der Waals surface area contributed by atoms with Crippen LogP contribution in [0.2, 0.25) is 5.02 Å². The second kappa shape index (κ2) is 8.67. The minimum atomic E-state index is -0.306. The molecule has 0 saturated heterocycles. The summed E-state index contributed by atoms with van der Waals surface area (Å²) >= 11 is 6.13. The van der Waals surface area contributed by atoms with Crippen molar-refractivity contribution < 1.29 is 9.53 Å². The topological polar surface area (TPSA) is 50.7 Å². The van der Waals surface area contributed by atoms with Crippen molar-refractivity contribution in [1.29, 1.82) is 0 Å². The smallest absolute Gasteiger partial charge is 0.277 e. The van der Waals surface area contributed by atoms with E-state index in [1.807, 2.05) is 70.2 Å². The quantitative estimate of drug-likeness (QED) is 0.610. The van der Waals surface area contributed by atoms with Crippen molar-refractivity contribution in [2.24, 2.45) is 11.0 Å². The van der Waals surface area contributed by atoms with Gasteiger partial charge in [0.1, 0.15) is 5.75 Å². The molecule has 0 unspecified atom stereocenters. The number of carbonyl (C=O) groups excluding carboxylic acids is 1. The zero-order valence-corrected chi connectivity index (χ0v) is 15.7. The lowest BCUT2D eigenvalue weighted by molar-refractivity contribution is -0.123. The fourth-order valence-corrected chi connectivity index (χ4v) is 2.54. The first kappa shape index (κ1) is 19.0. The van der Waals surface area contributed by atoms with Gasteiger partial charge in [-0.2, -0.15) is 5.10 Å². The number of benzene rings is 2. The van der Waals surface area contributed by atoms with E-state index >= 15 is 0 Å². The van der Waals surface area contributed by atoms with E-state index in [2.05, 4.69) is 10.5 Å². The summed E-state index contributed by atoms with van der Waals surface area (Å²) in [4.78, 5) is 12.0. The molecule has 0 aliphatic heterocycles. The van der Waals surface area contributed by atoms with Crippen LogP contribution in [0.25, 0.3) is 0 Å². The van der Waals surface area contributed by atoms with E-state index < -0.39 is 0 Å². The van der Waals surface area contributed by atoms with Crippen molar-refractivity contribution in [3.05, 3.63) is 64.2 Å². The highest BCUT2D eigenvalue weighted by atomic mass is 35.5. The van der Waals surface area contributed by atoms with Gasteiger partial charge in [0.2, 0.25) is 0 Å². The number of halogens is 1. The number of hydrazone groups is 1. The molecule has 0 bridgehead atoms. The Morgan fingerprint density at radius 2 is 1.76 bits per heavy atom. The van der Waals surface area contributed by atoms with Crippen LogP contribution < -0.4 is 10.2 Å². The predicted octanol–water partition coefficient (Wildman–Crippen LogP) is 4.51. The molecule has 2 aromatic rings. The summed E-state index contributed by atoms with van der Waals surface area (Å²) in [6.07, 6.45) is 0. The Balaban J connectivity index is 1.99. The highest BCUT2D eigenvalue weighted by Crippen LogP contribution is 2.25.